The Labute approximate surface area is 165 Å². The van der Waals surface area contributed by atoms with E-state index in [0.29, 0.717) is 26.2 Å². The third-order valence-electron chi connectivity index (χ3n) is 4.50. The predicted molar refractivity (Wildman–Crippen MR) is 109 cm³/mol. The molecule has 0 saturated carbocycles. The maximum absolute atomic E-state index is 12.7. The lowest BCUT2D eigenvalue weighted by molar-refractivity contribution is 0.0795. The highest BCUT2D eigenvalue weighted by Crippen LogP contribution is 2.18. The minimum absolute atomic E-state index is 0.0667. The van der Waals surface area contributed by atoms with Gasteiger partial charge in [0, 0.05) is 18.0 Å². The van der Waals surface area contributed by atoms with Gasteiger partial charge in [0.2, 0.25) is 0 Å². The van der Waals surface area contributed by atoms with Crippen molar-refractivity contribution >= 4 is 17.4 Å². The summed E-state index contributed by atoms with van der Waals surface area (Å²) in [7, 11) is 0. The number of hydrogen-bond acceptors (Lipinski definition) is 4. The first-order valence-electron chi connectivity index (χ1n) is 9.48. The highest BCUT2D eigenvalue weighted by Gasteiger charge is 2.22. The third kappa shape index (κ3) is 6.26. The molecule has 1 aliphatic rings. The molecule has 1 saturated heterocycles. The molecular formula is C21H28N2O3S. The van der Waals surface area contributed by atoms with Gasteiger partial charge in [0.05, 0.1) is 19.2 Å². The largest absolute Gasteiger partial charge is 0.492 e. The van der Waals surface area contributed by atoms with Crippen molar-refractivity contribution in [2.24, 2.45) is 0 Å². The number of amides is 2. The van der Waals surface area contributed by atoms with Gasteiger partial charge < -0.3 is 19.7 Å². The molecular weight excluding hydrogens is 360 g/mol. The summed E-state index contributed by atoms with van der Waals surface area (Å²) in [6.07, 6.45) is 2.23. The van der Waals surface area contributed by atoms with E-state index in [4.69, 9.17) is 9.47 Å². The Kier molecular flexibility index (Phi) is 7.12. The lowest BCUT2D eigenvalue weighted by Crippen LogP contribution is -2.44. The summed E-state index contributed by atoms with van der Waals surface area (Å²) in [6.45, 7) is 7.05. The highest BCUT2D eigenvalue weighted by molar-refractivity contribution is 7.09. The van der Waals surface area contributed by atoms with Crippen LogP contribution in [0.3, 0.4) is 0 Å². The summed E-state index contributed by atoms with van der Waals surface area (Å²) in [5.41, 5.74) is 2.35. The van der Waals surface area contributed by atoms with Gasteiger partial charge in [-0.15, -0.1) is 11.3 Å². The van der Waals surface area contributed by atoms with Gasteiger partial charge in [-0.1, -0.05) is 12.1 Å². The van der Waals surface area contributed by atoms with E-state index in [1.807, 2.05) is 28.5 Å². The molecule has 1 unspecified atom stereocenters. The van der Waals surface area contributed by atoms with Crippen LogP contribution in [0.4, 0.5) is 4.79 Å². The smallest absolute Gasteiger partial charge is 0.317 e. The molecule has 146 valence electrons. The summed E-state index contributed by atoms with van der Waals surface area (Å²) in [4.78, 5) is 15.7. The molecule has 1 N–H and O–H groups in total. The van der Waals surface area contributed by atoms with Crippen LogP contribution in [-0.2, 0) is 11.3 Å². The van der Waals surface area contributed by atoms with Crippen molar-refractivity contribution in [1.82, 2.24) is 10.2 Å². The Morgan fingerprint density at radius 3 is 2.81 bits per heavy atom. The average Bonchev–Trinajstić information content (AvgIpc) is 3.31. The van der Waals surface area contributed by atoms with Crippen LogP contribution in [0.1, 0.15) is 28.8 Å². The molecule has 0 aliphatic carbocycles. The molecule has 6 heteroatoms. The van der Waals surface area contributed by atoms with Crippen LogP contribution in [0.5, 0.6) is 5.75 Å². The molecule has 2 heterocycles. The zero-order chi connectivity index (χ0) is 19.1. The van der Waals surface area contributed by atoms with Crippen LogP contribution in [0, 0.1) is 13.8 Å². The first kappa shape index (κ1) is 19.7. The molecule has 0 bridgehead atoms. The number of nitrogens with zero attached hydrogens (tertiary/aromatic N) is 1. The lowest BCUT2D eigenvalue weighted by atomic mass is 10.1. The van der Waals surface area contributed by atoms with Crippen LogP contribution in [-0.4, -0.2) is 43.3 Å². The van der Waals surface area contributed by atoms with Crippen molar-refractivity contribution in [2.45, 2.75) is 39.3 Å². The molecule has 0 spiro atoms. The highest BCUT2D eigenvalue weighted by atomic mass is 32.1. The molecule has 2 amide bonds. The van der Waals surface area contributed by atoms with E-state index >= 15 is 0 Å². The molecule has 5 nitrogen and oxygen atoms in total. The summed E-state index contributed by atoms with van der Waals surface area (Å²) in [5.74, 6) is 0.844. The Morgan fingerprint density at radius 1 is 1.33 bits per heavy atom. The van der Waals surface area contributed by atoms with E-state index in [2.05, 4.69) is 31.3 Å². The van der Waals surface area contributed by atoms with Crippen molar-refractivity contribution in [1.29, 1.82) is 0 Å². The average molecular weight is 389 g/mol. The van der Waals surface area contributed by atoms with Crippen molar-refractivity contribution in [3.63, 3.8) is 0 Å². The van der Waals surface area contributed by atoms with Gasteiger partial charge in [0.25, 0.3) is 0 Å². The Bertz CT molecular complexity index is 707. The first-order chi connectivity index (χ1) is 13.1. The monoisotopic (exact) mass is 388 g/mol. The zero-order valence-electron chi connectivity index (χ0n) is 16.1. The van der Waals surface area contributed by atoms with Crippen molar-refractivity contribution in [2.75, 3.05) is 26.3 Å². The minimum atomic E-state index is -0.0667. The van der Waals surface area contributed by atoms with Crippen LogP contribution in [0.25, 0.3) is 0 Å². The van der Waals surface area contributed by atoms with E-state index < -0.39 is 0 Å². The van der Waals surface area contributed by atoms with E-state index in [0.717, 1.165) is 25.2 Å². The van der Waals surface area contributed by atoms with E-state index in [1.54, 1.807) is 11.3 Å². The fourth-order valence-electron chi connectivity index (χ4n) is 3.30. The number of urea groups is 1. The SMILES string of the molecule is Cc1cc(C)cc(OCCNC(=O)N(Cc2cccs2)CC2CCCO2)c1. The van der Waals surface area contributed by atoms with E-state index in [-0.39, 0.29) is 12.1 Å². The molecule has 1 aliphatic heterocycles. The number of hydrogen-bond donors (Lipinski definition) is 1. The van der Waals surface area contributed by atoms with E-state index in [9.17, 15) is 4.79 Å². The van der Waals surface area contributed by atoms with Crippen molar-refractivity contribution in [3.05, 3.63) is 51.7 Å². The standard InChI is InChI=1S/C21H28N2O3S/c1-16-11-17(2)13-19(12-16)26-9-7-22-21(24)23(14-18-5-3-8-25-18)15-20-6-4-10-27-20/h4,6,10-13,18H,3,5,7-9,14-15H2,1-2H3,(H,22,24). The van der Waals surface area contributed by atoms with Crippen LogP contribution in [0.15, 0.2) is 35.7 Å². The van der Waals surface area contributed by atoms with Gasteiger partial charge in [-0.25, -0.2) is 4.79 Å². The number of carbonyl (C=O) groups excluding carboxylic acids is 1. The molecule has 1 fully saturated rings. The van der Waals surface area contributed by atoms with Crippen molar-refractivity contribution in [3.8, 4) is 5.75 Å². The van der Waals surface area contributed by atoms with Crippen LogP contribution in [0.2, 0.25) is 0 Å². The Balaban J connectivity index is 1.48. The molecule has 27 heavy (non-hydrogen) atoms. The molecule has 1 atom stereocenters. The number of aryl methyl sites for hydroxylation is 2. The second-order valence-corrected chi connectivity index (χ2v) is 8.03. The van der Waals surface area contributed by atoms with Gasteiger partial charge in [0.15, 0.2) is 0 Å². The summed E-state index contributed by atoms with van der Waals surface area (Å²) < 4.78 is 11.5. The molecule has 2 aromatic rings. The van der Waals surface area contributed by atoms with E-state index in [1.165, 1.54) is 16.0 Å². The maximum Gasteiger partial charge on any atom is 0.317 e. The maximum atomic E-state index is 12.7. The number of ether oxygens (including phenoxy) is 2. The number of rotatable bonds is 8. The number of carbonyl (C=O) groups is 1. The van der Waals surface area contributed by atoms with Gasteiger partial charge in [-0.05, 0) is 61.4 Å². The van der Waals surface area contributed by atoms with Gasteiger partial charge >= 0.3 is 6.03 Å². The molecule has 1 aromatic heterocycles. The zero-order valence-corrected chi connectivity index (χ0v) is 16.9. The molecule has 3 rings (SSSR count). The summed E-state index contributed by atoms with van der Waals surface area (Å²) >= 11 is 1.67. The van der Waals surface area contributed by atoms with Gasteiger partial charge in [-0.2, -0.15) is 0 Å². The van der Waals surface area contributed by atoms with Gasteiger partial charge in [-0.3, -0.25) is 0 Å². The van der Waals surface area contributed by atoms with Gasteiger partial charge in [0.1, 0.15) is 12.4 Å². The second kappa shape index (κ2) is 9.76. The predicted octanol–water partition coefficient (Wildman–Crippen LogP) is 4.13. The lowest BCUT2D eigenvalue weighted by Gasteiger charge is -2.25. The third-order valence-corrected chi connectivity index (χ3v) is 5.37. The molecule has 1 aromatic carbocycles. The van der Waals surface area contributed by atoms with Crippen LogP contribution < -0.4 is 10.1 Å². The van der Waals surface area contributed by atoms with Crippen LogP contribution >= 0.6 is 11.3 Å². The Morgan fingerprint density at radius 2 is 2.15 bits per heavy atom. The first-order valence-corrected chi connectivity index (χ1v) is 10.4. The summed E-state index contributed by atoms with van der Waals surface area (Å²) in [5, 5.41) is 5.02. The normalized spacial score (nSPS) is 16.3. The topological polar surface area (TPSA) is 50.8 Å². The van der Waals surface area contributed by atoms with Crippen molar-refractivity contribution < 1.29 is 14.3 Å². The number of benzene rings is 1. The fourth-order valence-corrected chi connectivity index (χ4v) is 4.02. The number of nitrogens with one attached hydrogen (secondary N) is 1. The minimum Gasteiger partial charge on any atom is -0.492 e. The summed E-state index contributed by atoms with van der Waals surface area (Å²) in [6, 6.07) is 10.1. The Hall–Kier alpha value is -2.05. The number of thiophene rings is 1. The molecule has 0 radical (unpaired) electrons. The quantitative estimate of drug-likeness (QED) is 0.692. The second-order valence-electron chi connectivity index (χ2n) is 7.00. The fraction of sp³-hybridized carbons (Fsp3) is 0.476.